The predicted molar refractivity (Wildman–Crippen MR) is 89.8 cm³/mol. The van der Waals surface area contributed by atoms with Crippen molar-refractivity contribution in [3.63, 3.8) is 0 Å². The van der Waals surface area contributed by atoms with Gasteiger partial charge in [0.2, 0.25) is 5.91 Å². The second kappa shape index (κ2) is 10.5. The van der Waals surface area contributed by atoms with E-state index in [1.54, 1.807) is 6.26 Å². The number of amides is 1. The van der Waals surface area contributed by atoms with Crippen LogP contribution < -0.4 is 5.32 Å². The van der Waals surface area contributed by atoms with E-state index in [2.05, 4.69) is 24.1 Å². The summed E-state index contributed by atoms with van der Waals surface area (Å²) in [6.45, 7) is 8.19. The lowest BCUT2D eigenvalue weighted by molar-refractivity contribution is -0.159. The van der Waals surface area contributed by atoms with Crippen LogP contribution in [0.3, 0.4) is 0 Å². The summed E-state index contributed by atoms with van der Waals surface area (Å²) in [6.07, 6.45) is 3.57. The monoisotopic (exact) mass is 354 g/mol. The van der Waals surface area contributed by atoms with E-state index < -0.39 is 11.9 Å². The molecule has 1 aromatic heterocycles. The third-order valence-electron chi connectivity index (χ3n) is 3.78. The summed E-state index contributed by atoms with van der Waals surface area (Å²) in [5, 5.41) is 17.7. The lowest BCUT2D eigenvalue weighted by Crippen LogP contribution is -2.41. The molecule has 0 radical (unpaired) electrons. The molecule has 0 spiro atoms. The number of hydrogen-bond acceptors (Lipinski definition) is 5. The Morgan fingerprint density at radius 2 is 1.84 bits per heavy atom. The first kappa shape index (κ1) is 20.7. The van der Waals surface area contributed by atoms with Crippen molar-refractivity contribution >= 4 is 17.8 Å². The fraction of sp³-hybridized carbons (Fsp3) is 0.588. The van der Waals surface area contributed by atoms with Crippen molar-refractivity contribution in [2.45, 2.75) is 33.2 Å². The van der Waals surface area contributed by atoms with Crippen molar-refractivity contribution in [1.29, 1.82) is 0 Å². The van der Waals surface area contributed by atoms with Crippen LogP contribution >= 0.6 is 0 Å². The number of hydrogen-bond donors (Lipinski definition) is 3. The Kier molecular flexibility index (Phi) is 8.69. The number of furan rings is 1. The van der Waals surface area contributed by atoms with E-state index in [0.29, 0.717) is 12.5 Å². The van der Waals surface area contributed by atoms with E-state index in [4.69, 9.17) is 24.2 Å². The number of likely N-dealkylation sites (tertiary alicyclic amines) is 1. The molecule has 140 valence electrons. The highest BCUT2D eigenvalue weighted by Gasteiger charge is 2.24. The van der Waals surface area contributed by atoms with Crippen LogP contribution in [-0.4, -0.2) is 52.6 Å². The van der Waals surface area contributed by atoms with Gasteiger partial charge in [-0.25, -0.2) is 9.59 Å². The highest BCUT2D eigenvalue weighted by Crippen LogP contribution is 2.18. The largest absolute Gasteiger partial charge is 0.473 e. The second-order valence-electron chi connectivity index (χ2n) is 6.38. The van der Waals surface area contributed by atoms with E-state index in [9.17, 15) is 4.79 Å². The molecule has 1 aromatic rings. The summed E-state index contributed by atoms with van der Waals surface area (Å²) < 4.78 is 5.21. The van der Waals surface area contributed by atoms with Crippen molar-refractivity contribution in [1.82, 2.24) is 10.2 Å². The maximum absolute atomic E-state index is 12.1. The Labute approximate surface area is 146 Å². The molecule has 8 nitrogen and oxygen atoms in total. The van der Waals surface area contributed by atoms with Gasteiger partial charge in [0.15, 0.2) is 0 Å². The van der Waals surface area contributed by atoms with Crippen molar-refractivity contribution in [3.8, 4) is 0 Å². The van der Waals surface area contributed by atoms with Crippen LogP contribution in [0.1, 0.15) is 32.4 Å². The molecule has 0 saturated carbocycles. The molecular formula is C17H26N2O6. The summed E-state index contributed by atoms with van der Waals surface area (Å²) in [6, 6.07) is 3.72. The lowest BCUT2D eigenvalue weighted by Gasteiger charge is -2.32. The van der Waals surface area contributed by atoms with Gasteiger partial charge in [0.05, 0.1) is 12.8 Å². The molecule has 1 aliphatic rings. The van der Waals surface area contributed by atoms with E-state index in [1.807, 2.05) is 12.1 Å². The SMILES string of the molecule is CC(C)CN1CCC(C(=O)NCc2ccco2)CC1.O=C(O)C(=O)O. The second-order valence-corrected chi connectivity index (χ2v) is 6.38. The van der Waals surface area contributed by atoms with E-state index in [1.165, 1.54) is 0 Å². The first-order valence-electron chi connectivity index (χ1n) is 8.28. The molecule has 2 heterocycles. The standard InChI is InChI=1S/C15H24N2O2.C2H2O4/c1-12(2)11-17-7-5-13(6-8-17)15(18)16-10-14-4-3-9-19-14;3-1(4)2(5)6/h3-4,9,12-13H,5-8,10-11H2,1-2H3,(H,16,18);(H,3,4)(H,5,6). The molecule has 0 aliphatic carbocycles. The van der Waals surface area contributed by atoms with Gasteiger partial charge in [0.1, 0.15) is 5.76 Å². The minimum atomic E-state index is -1.82. The number of piperidine rings is 1. The Morgan fingerprint density at radius 1 is 1.24 bits per heavy atom. The normalized spacial score (nSPS) is 15.3. The number of carbonyl (C=O) groups excluding carboxylic acids is 1. The topological polar surface area (TPSA) is 120 Å². The number of aliphatic carboxylic acids is 2. The number of carboxylic acid groups (broad SMARTS) is 2. The number of nitrogens with one attached hydrogen (secondary N) is 1. The molecule has 0 atom stereocenters. The van der Waals surface area contributed by atoms with Crippen LogP contribution in [0.4, 0.5) is 0 Å². The van der Waals surface area contributed by atoms with Crippen LogP contribution in [0.2, 0.25) is 0 Å². The number of rotatable bonds is 5. The Hall–Kier alpha value is -2.35. The van der Waals surface area contributed by atoms with Gasteiger partial charge >= 0.3 is 11.9 Å². The number of carboxylic acids is 2. The van der Waals surface area contributed by atoms with Gasteiger partial charge in [-0.2, -0.15) is 0 Å². The summed E-state index contributed by atoms with van der Waals surface area (Å²) >= 11 is 0. The Bertz CT molecular complexity index is 535. The molecule has 0 aromatic carbocycles. The van der Waals surface area contributed by atoms with Crippen molar-refractivity contribution in [2.75, 3.05) is 19.6 Å². The van der Waals surface area contributed by atoms with Crippen molar-refractivity contribution in [3.05, 3.63) is 24.2 Å². The Morgan fingerprint density at radius 3 is 2.28 bits per heavy atom. The van der Waals surface area contributed by atoms with Gasteiger partial charge in [0, 0.05) is 12.5 Å². The zero-order valence-electron chi connectivity index (χ0n) is 14.6. The molecule has 1 amide bonds. The van der Waals surface area contributed by atoms with Gasteiger partial charge < -0.3 is 24.8 Å². The molecule has 0 bridgehead atoms. The molecule has 1 aliphatic heterocycles. The van der Waals surface area contributed by atoms with Crippen LogP contribution in [-0.2, 0) is 20.9 Å². The van der Waals surface area contributed by atoms with E-state index >= 15 is 0 Å². The molecule has 3 N–H and O–H groups in total. The van der Waals surface area contributed by atoms with Crippen molar-refractivity contribution in [2.24, 2.45) is 11.8 Å². The third-order valence-corrected chi connectivity index (χ3v) is 3.78. The molecule has 2 rings (SSSR count). The third kappa shape index (κ3) is 8.35. The minimum absolute atomic E-state index is 0.165. The zero-order valence-corrected chi connectivity index (χ0v) is 14.6. The van der Waals surface area contributed by atoms with Gasteiger partial charge in [-0.3, -0.25) is 4.79 Å². The maximum atomic E-state index is 12.1. The van der Waals surface area contributed by atoms with Crippen molar-refractivity contribution < 1.29 is 29.0 Å². The summed E-state index contributed by atoms with van der Waals surface area (Å²) in [7, 11) is 0. The zero-order chi connectivity index (χ0) is 18.8. The first-order chi connectivity index (χ1) is 11.8. The fourth-order valence-corrected chi connectivity index (χ4v) is 2.63. The summed E-state index contributed by atoms with van der Waals surface area (Å²) in [4.78, 5) is 32.7. The average Bonchev–Trinajstić information content (AvgIpc) is 3.06. The highest BCUT2D eigenvalue weighted by atomic mass is 16.4. The van der Waals surface area contributed by atoms with Gasteiger partial charge in [-0.1, -0.05) is 13.8 Å². The smallest absolute Gasteiger partial charge is 0.414 e. The molecular weight excluding hydrogens is 328 g/mol. The van der Waals surface area contributed by atoms with Crippen LogP contribution in [0.25, 0.3) is 0 Å². The predicted octanol–water partition coefficient (Wildman–Crippen LogP) is 1.42. The lowest BCUT2D eigenvalue weighted by atomic mass is 9.95. The van der Waals surface area contributed by atoms with Crippen LogP contribution in [0.5, 0.6) is 0 Å². The molecule has 8 heteroatoms. The van der Waals surface area contributed by atoms with Crippen LogP contribution in [0, 0.1) is 11.8 Å². The fourth-order valence-electron chi connectivity index (χ4n) is 2.63. The maximum Gasteiger partial charge on any atom is 0.414 e. The molecule has 1 fully saturated rings. The highest BCUT2D eigenvalue weighted by molar-refractivity contribution is 6.27. The average molecular weight is 354 g/mol. The summed E-state index contributed by atoms with van der Waals surface area (Å²) in [5.41, 5.74) is 0. The molecule has 1 saturated heterocycles. The Balaban J connectivity index is 0.000000450. The summed E-state index contributed by atoms with van der Waals surface area (Å²) in [5.74, 6) is -1.81. The number of carbonyl (C=O) groups is 3. The van der Waals surface area contributed by atoms with E-state index in [0.717, 1.165) is 38.2 Å². The quantitative estimate of drug-likeness (QED) is 0.684. The molecule has 25 heavy (non-hydrogen) atoms. The number of nitrogens with zero attached hydrogens (tertiary/aromatic N) is 1. The molecule has 0 unspecified atom stereocenters. The van der Waals surface area contributed by atoms with Gasteiger partial charge in [-0.15, -0.1) is 0 Å². The van der Waals surface area contributed by atoms with E-state index in [-0.39, 0.29) is 11.8 Å². The van der Waals surface area contributed by atoms with Crippen LogP contribution in [0.15, 0.2) is 22.8 Å². The van der Waals surface area contributed by atoms with Gasteiger partial charge in [-0.05, 0) is 44.0 Å². The van der Waals surface area contributed by atoms with Gasteiger partial charge in [0.25, 0.3) is 0 Å². The minimum Gasteiger partial charge on any atom is -0.473 e. The first-order valence-corrected chi connectivity index (χ1v) is 8.28.